The number of rotatable bonds is 5. The molecule has 122 valence electrons. The molecule has 0 radical (unpaired) electrons. The van der Waals surface area contributed by atoms with E-state index in [-0.39, 0.29) is 10.5 Å². The summed E-state index contributed by atoms with van der Waals surface area (Å²) in [6.07, 6.45) is 0. The molecule has 0 fully saturated rings. The van der Waals surface area contributed by atoms with Crippen molar-refractivity contribution in [2.45, 2.75) is 31.3 Å². The third-order valence-corrected chi connectivity index (χ3v) is 3.87. The highest BCUT2D eigenvalue weighted by molar-refractivity contribution is 7.89. The fourth-order valence-electron chi connectivity index (χ4n) is 1.59. The Kier molecular flexibility index (Phi) is 5.67. The molecule has 0 unspecified atom stereocenters. The third-order valence-electron chi connectivity index (χ3n) is 2.41. The Hall–Kier alpha value is -1.93. The van der Waals surface area contributed by atoms with Crippen molar-refractivity contribution in [2.24, 2.45) is 0 Å². The zero-order valence-electron chi connectivity index (χ0n) is 12.9. The van der Waals surface area contributed by atoms with Crippen molar-refractivity contribution < 1.29 is 27.5 Å². The average molecular weight is 329 g/mol. The van der Waals surface area contributed by atoms with E-state index < -0.39 is 34.1 Å². The topological polar surface area (TPSA) is 98.8 Å². The Morgan fingerprint density at radius 1 is 1.18 bits per heavy atom. The molecule has 1 rings (SSSR count). The van der Waals surface area contributed by atoms with Crippen LogP contribution in [0.2, 0.25) is 0 Å². The number of esters is 2. The van der Waals surface area contributed by atoms with Crippen molar-refractivity contribution in [3.63, 3.8) is 0 Å². The van der Waals surface area contributed by atoms with Gasteiger partial charge in [-0.1, -0.05) is 12.1 Å². The van der Waals surface area contributed by atoms with Gasteiger partial charge >= 0.3 is 11.9 Å². The summed E-state index contributed by atoms with van der Waals surface area (Å²) >= 11 is 0. The lowest BCUT2D eigenvalue weighted by atomic mass is 10.2. The second-order valence-corrected chi connectivity index (χ2v) is 7.13. The molecule has 0 aliphatic carbocycles. The van der Waals surface area contributed by atoms with Crippen LogP contribution in [0.1, 0.15) is 31.1 Å². The maximum atomic E-state index is 12.2. The minimum atomic E-state index is -4.05. The number of ether oxygens (including phenoxy) is 2. The van der Waals surface area contributed by atoms with Crippen molar-refractivity contribution in [3.05, 3.63) is 29.8 Å². The Balaban J connectivity index is 2.93. The van der Waals surface area contributed by atoms with Gasteiger partial charge in [-0.2, -0.15) is 4.72 Å². The molecule has 22 heavy (non-hydrogen) atoms. The van der Waals surface area contributed by atoms with E-state index in [0.29, 0.717) is 0 Å². The first-order valence-corrected chi connectivity index (χ1v) is 7.94. The number of carbonyl (C=O) groups is 2. The van der Waals surface area contributed by atoms with E-state index in [1.807, 2.05) is 0 Å². The first-order valence-electron chi connectivity index (χ1n) is 6.45. The highest BCUT2D eigenvalue weighted by Gasteiger charge is 2.24. The van der Waals surface area contributed by atoms with Gasteiger partial charge in [0.2, 0.25) is 10.0 Å². The van der Waals surface area contributed by atoms with Gasteiger partial charge in [-0.25, -0.2) is 13.2 Å². The highest BCUT2D eigenvalue weighted by Crippen LogP contribution is 2.16. The Bertz CT molecular complexity index is 660. The van der Waals surface area contributed by atoms with Crippen LogP contribution in [0.5, 0.6) is 0 Å². The second kappa shape index (κ2) is 6.89. The quantitative estimate of drug-likeness (QED) is 0.812. The van der Waals surface area contributed by atoms with Crippen LogP contribution in [-0.2, 0) is 24.3 Å². The number of carbonyl (C=O) groups excluding carboxylic acids is 2. The Morgan fingerprint density at radius 2 is 1.77 bits per heavy atom. The van der Waals surface area contributed by atoms with Crippen LogP contribution < -0.4 is 4.72 Å². The molecule has 0 atom stereocenters. The van der Waals surface area contributed by atoms with Crippen molar-refractivity contribution in [1.82, 2.24) is 4.72 Å². The first-order chi connectivity index (χ1) is 10.1. The molecule has 0 aromatic heterocycles. The van der Waals surface area contributed by atoms with Gasteiger partial charge in [-0.3, -0.25) is 4.79 Å². The largest absolute Gasteiger partial charge is 0.465 e. The molecule has 0 aliphatic heterocycles. The van der Waals surface area contributed by atoms with E-state index in [1.54, 1.807) is 20.8 Å². The monoisotopic (exact) mass is 329 g/mol. The van der Waals surface area contributed by atoms with Crippen LogP contribution >= 0.6 is 0 Å². The van der Waals surface area contributed by atoms with Crippen molar-refractivity contribution >= 4 is 22.0 Å². The van der Waals surface area contributed by atoms with Gasteiger partial charge in [0.15, 0.2) is 0 Å². The molecule has 1 aromatic rings. The van der Waals surface area contributed by atoms with Crippen LogP contribution in [0, 0.1) is 0 Å². The molecule has 0 spiro atoms. The fourth-order valence-corrected chi connectivity index (χ4v) is 2.75. The fraction of sp³-hybridized carbons (Fsp3) is 0.429. The molecule has 1 N–H and O–H groups in total. The van der Waals surface area contributed by atoms with E-state index in [1.165, 1.54) is 24.3 Å². The van der Waals surface area contributed by atoms with E-state index in [9.17, 15) is 18.0 Å². The summed E-state index contributed by atoms with van der Waals surface area (Å²) in [5, 5.41) is 0. The number of hydrogen-bond acceptors (Lipinski definition) is 6. The summed E-state index contributed by atoms with van der Waals surface area (Å²) in [6.45, 7) is 4.49. The van der Waals surface area contributed by atoms with Crippen LogP contribution in [0.25, 0.3) is 0 Å². The standard InChI is InChI=1S/C14H19NO6S/c1-14(2,3)21-12(16)9-15-22(18,19)11-8-6-5-7-10(11)13(17)20-4/h5-8,15H,9H2,1-4H3. The van der Waals surface area contributed by atoms with Gasteiger partial charge in [0.1, 0.15) is 12.1 Å². The summed E-state index contributed by atoms with van der Waals surface area (Å²) in [5.41, 5.74) is -0.825. The molecular weight excluding hydrogens is 310 g/mol. The van der Waals surface area contributed by atoms with Crippen molar-refractivity contribution in [2.75, 3.05) is 13.7 Å². The molecule has 0 aliphatic rings. The number of methoxy groups -OCH3 is 1. The van der Waals surface area contributed by atoms with Gasteiger partial charge in [-0.05, 0) is 32.9 Å². The molecule has 0 heterocycles. The Labute approximate surface area is 129 Å². The summed E-state index contributed by atoms with van der Waals surface area (Å²) in [6, 6.07) is 5.56. The number of benzene rings is 1. The van der Waals surface area contributed by atoms with Gasteiger partial charge in [0, 0.05) is 0 Å². The molecule has 0 saturated heterocycles. The predicted octanol–water partition coefficient (Wildman–Crippen LogP) is 1.09. The van der Waals surface area contributed by atoms with E-state index in [4.69, 9.17) is 4.74 Å². The molecule has 0 amide bonds. The predicted molar refractivity (Wildman–Crippen MR) is 78.8 cm³/mol. The van der Waals surface area contributed by atoms with Gasteiger partial charge in [0.25, 0.3) is 0 Å². The van der Waals surface area contributed by atoms with E-state index >= 15 is 0 Å². The molecule has 8 heteroatoms. The van der Waals surface area contributed by atoms with Crippen LogP contribution in [0.3, 0.4) is 0 Å². The van der Waals surface area contributed by atoms with Crippen LogP contribution in [0.15, 0.2) is 29.2 Å². The minimum Gasteiger partial charge on any atom is -0.465 e. The summed E-state index contributed by atoms with van der Waals surface area (Å²) in [4.78, 5) is 22.9. The molecule has 7 nitrogen and oxygen atoms in total. The van der Waals surface area contributed by atoms with Gasteiger partial charge in [0.05, 0.1) is 17.6 Å². The SMILES string of the molecule is COC(=O)c1ccccc1S(=O)(=O)NCC(=O)OC(C)(C)C. The van der Waals surface area contributed by atoms with Crippen LogP contribution in [0.4, 0.5) is 0 Å². The van der Waals surface area contributed by atoms with Gasteiger partial charge in [-0.15, -0.1) is 0 Å². The Morgan fingerprint density at radius 3 is 2.32 bits per heavy atom. The van der Waals surface area contributed by atoms with Crippen molar-refractivity contribution in [3.8, 4) is 0 Å². The summed E-state index contributed by atoms with van der Waals surface area (Å²) < 4.78 is 36.1. The zero-order valence-corrected chi connectivity index (χ0v) is 13.7. The lowest BCUT2D eigenvalue weighted by Gasteiger charge is -2.19. The number of hydrogen-bond donors (Lipinski definition) is 1. The maximum absolute atomic E-state index is 12.2. The average Bonchev–Trinajstić information content (AvgIpc) is 2.42. The minimum absolute atomic E-state index is 0.110. The molecule has 1 aromatic carbocycles. The summed E-state index contributed by atoms with van der Waals surface area (Å²) in [5.74, 6) is -1.50. The lowest BCUT2D eigenvalue weighted by molar-refractivity contribution is -0.153. The van der Waals surface area contributed by atoms with Gasteiger partial charge < -0.3 is 9.47 Å². The summed E-state index contributed by atoms with van der Waals surface area (Å²) in [7, 11) is -2.90. The maximum Gasteiger partial charge on any atom is 0.339 e. The molecular formula is C14H19NO6S. The van der Waals surface area contributed by atoms with E-state index in [2.05, 4.69) is 9.46 Å². The first kappa shape index (κ1) is 18.1. The molecule has 0 bridgehead atoms. The number of sulfonamides is 1. The highest BCUT2D eigenvalue weighted by atomic mass is 32.2. The lowest BCUT2D eigenvalue weighted by Crippen LogP contribution is -2.35. The van der Waals surface area contributed by atoms with E-state index in [0.717, 1.165) is 7.11 Å². The van der Waals surface area contributed by atoms with Crippen molar-refractivity contribution in [1.29, 1.82) is 0 Å². The normalized spacial score (nSPS) is 11.8. The third kappa shape index (κ3) is 5.12. The molecule has 0 saturated carbocycles. The second-order valence-electron chi connectivity index (χ2n) is 5.40. The van der Waals surface area contributed by atoms with Crippen LogP contribution in [-0.4, -0.2) is 39.6 Å². The number of nitrogens with one attached hydrogen (secondary N) is 1. The smallest absolute Gasteiger partial charge is 0.339 e. The zero-order chi connectivity index (χ0) is 17.0.